The van der Waals surface area contributed by atoms with Crippen LogP contribution in [0.15, 0.2) is 41.6 Å². The zero-order valence-corrected chi connectivity index (χ0v) is 18.7. The van der Waals surface area contributed by atoms with Gasteiger partial charge in [-0.25, -0.2) is 9.97 Å². The Balaban J connectivity index is 0.000000606. The number of thiophene rings is 1. The monoisotopic (exact) mass is 426 g/mol. The quantitative estimate of drug-likeness (QED) is 0.485. The van der Waals surface area contributed by atoms with Crippen LogP contribution in [-0.2, 0) is 0 Å². The third-order valence-corrected chi connectivity index (χ3v) is 5.36. The molecule has 1 N–H and O–H groups in total. The van der Waals surface area contributed by atoms with Crippen LogP contribution in [-0.4, -0.2) is 27.9 Å². The second kappa shape index (κ2) is 9.58. The first-order valence-corrected chi connectivity index (χ1v) is 11.0. The van der Waals surface area contributed by atoms with Crippen molar-refractivity contribution in [1.29, 1.82) is 0 Å². The number of anilines is 1. The maximum absolute atomic E-state index is 13.1. The van der Waals surface area contributed by atoms with Crippen LogP contribution in [0.5, 0.6) is 11.5 Å². The number of aromatic nitrogens is 3. The zero-order chi connectivity index (χ0) is 21.7. The van der Waals surface area contributed by atoms with Gasteiger partial charge in [-0.15, -0.1) is 11.3 Å². The number of nitrogens with one attached hydrogen (secondary N) is 1. The molecule has 1 aromatic carbocycles. The second-order valence-electron chi connectivity index (χ2n) is 5.81. The van der Waals surface area contributed by atoms with Gasteiger partial charge in [-0.2, -0.15) is 0 Å². The second-order valence-corrected chi connectivity index (χ2v) is 6.81. The summed E-state index contributed by atoms with van der Waals surface area (Å²) in [5, 5.41) is 4.20. The molecule has 0 saturated heterocycles. The van der Waals surface area contributed by atoms with E-state index in [2.05, 4.69) is 15.3 Å². The van der Waals surface area contributed by atoms with E-state index in [4.69, 9.17) is 9.47 Å². The van der Waals surface area contributed by atoms with Gasteiger partial charge in [0.1, 0.15) is 15.9 Å². The third-order valence-electron chi connectivity index (χ3n) is 4.28. The lowest BCUT2D eigenvalue weighted by molar-refractivity contribution is 0.174. The fourth-order valence-corrected chi connectivity index (χ4v) is 4.16. The molecule has 1 aliphatic heterocycles. The van der Waals surface area contributed by atoms with Crippen molar-refractivity contribution in [2.24, 2.45) is 0 Å². The highest BCUT2D eigenvalue weighted by molar-refractivity contribution is 7.25. The van der Waals surface area contributed by atoms with Crippen LogP contribution in [0.3, 0.4) is 0 Å². The topological polar surface area (TPSA) is 78.3 Å². The first kappa shape index (κ1) is 21.6. The van der Waals surface area contributed by atoms with E-state index in [0.717, 1.165) is 22.4 Å². The molecule has 0 radical (unpaired) electrons. The van der Waals surface area contributed by atoms with Gasteiger partial charge in [0.25, 0.3) is 5.56 Å². The molecule has 1 aliphatic rings. The van der Waals surface area contributed by atoms with E-state index < -0.39 is 0 Å². The Labute approximate surface area is 179 Å². The first-order valence-electron chi connectivity index (χ1n) is 10.2. The summed E-state index contributed by atoms with van der Waals surface area (Å²) in [7, 11) is 0. The summed E-state index contributed by atoms with van der Waals surface area (Å²) in [4.78, 5) is 22.8. The Bertz CT molecular complexity index is 1220. The summed E-state index contributed by atoms with van der Waals surface area (Å²) >= 11 is 1.36. The Kier molecular flexibility index (Phi) is 6.89. The number of hydrogen-bond donors (Lipinski definition) is 1. The van der Waals surface area contributed by atoms with E-state index in [1.807, 2.05) is 46.8 Å². The van der Waals surface area contributed by atoms with Gasteiger partial charge >= 0.3 is 0 Å². The number of nitrogens with zero attached hydrogens (tertiary/aromatic N) is 3. The molecule has 7 nitrogen and oxygen atoms in total. The fourth-order valence-electron chi connectivity index (χ4n) is 3.11. The molecule has 0 saturated carbocycles. The van der Waals surface area contributed by atoms with Crippen molar-refractivity contribution in [1.82, 2.24) is 14.5 Å². The third kappa shape index (κ3) is 3.70. The predicted octanol–water partition coefficient (Wildman–Crippen LogP) is 5.21. The van der Waals surface area contributed by atoms with Gasteiger partial charge in [0.2, 0.25) is 6.79 Å². The van der Waals surface area contributed by atoms with E-state index in [1.165, 1.54) is 15.9 Å². The number of ether oxygens (including phenoxy) is 2. The molecule has 4 aromatic rings. The minimum absolute atomic E-state index is 0.126. The van der Waals surface area contributed by atoms with Gasteiger partial charge in [-0.3, -0.25) is 9.36 Å². The standard InChI is InChI=1S/C18H14N4O3S.2C2H6/c1-2-19-11-5-6-20-17-14(11)15-16(26-17)18(23)22(8-21-15)10-3-4-12-13(7-10)25-9-24-12;2*1-2/h3-8H,2,9H2,1H3,(H,19,20);2*1-2H3. The molecule has 0 aliphatic carbocycles. The average Bonchev–Trinajstić information content (AvgIpc) is 3.42. The Morgan fingerprint density at radius 3 is 2.63 bits per heavy atom. The lowest BCUT2D eigenvalue weighted by atomic mass is 10.2. The average molecular weight is 427 g/mol. The Morgan fingerprint density at radius 2 is 1.87 bits per heavy atom. The molecule has 0 fully saturated rings. The lowest BCUT2D eigenvalue weighted by Crippen LogP contribution is -2.17. The lowest BCUT2D eigenvalue weighted by Gasteiger charge is -2.07. The molecule has 4 heterocycles. The van der Waals surface area contributed by atoms with Crippen LogP contribution >= 0.6 is 11.3 Å². The molecule has 0 atom stereocenters. The van der Waals surface area contributed by atoms with E-state index in [0.29, 0.717) is 27.4 Å². The van der Waals surface area contributed by atoms with Gasteiger partial charge in [-0.05, 0) is 25.1 Å². The van der Waals surface area contributed by atoms with Crippen LogP contribution in [0.4, 0.5) is 5.69 Å². The van der Waals surface area contributed by atoms with Crippen molar-refractivity contribution < 1.29 is 9.47 Å². The summed E-state index contributed by atoms with van der Waals surface area (Å²) in [5.41, 5.74) is 2.18. The number of benzene rings is 1. The van der Waals surface area contributed by atoms with Crippen LogP contribution in [0.25, 0.3) is 26.1 Å². The maximum atomic E-state index is 13.1. The number of fused-ring (bicyclic) bond motifs is 4. The van der Waals surface area contributed by atoms with Gasteiger partial charge < -0.3 is 14.8 Å². The molecule has 8 heteroatoms. The molecule has 5 rings (SSSR count). The highest BCUT2D eigenvalue weighted by atomic mass is 32.1. The van der Waals surface area contributed by atoms with Crippen molar-refractivity contribution in [2.75, 3.05) is 18.7 Å². The van der Waals surface area contributed by atoms with Crippen molar-refractivity contribution in [3.05, 3.63) is 47.1 Å². The van der Waals surface area contributed by atoms with Crippen molar-refractivity contribution in [3.63, 3.8) is 0 Å². The van der Waals surface area contributed by atoms with E-state index in [1.54, 1.807) is 24.7 Å². The van der Waals surface area contributed by atoms with Crippen LogP contribution < -0.4 is 20.3 Å². The zero-order valence-electron chi connectivity index (χ0n) is 17.9. The normalized spacial score (nSPS) is 11.5. The molecular weight excluding hydrogens is 400 g/mol. The largest absolute Gasteiger partial charge is 0.454 e. The molecular formula is C22H26N4O3S. The molecule has 30 heavy (non-hydrogen) atoms. The van der Waals surface area contributed by atoms with Crippen molar-refractivity contribution in [2.45, 2.75) is 34.6 Å². The Morgan fingerprint density at radius 1 is 1.10 bits per heavy atom. The fraction of sp³-hybridized carbons (Fsp3) is 0.318. The summed E-state index contributed by atoms with van der Waals surface area (Å²) in [6.07, 6.45) is 3.29. The maximum Gasteiger partial charge on any atom is 0.275 e. The van der Waals surface area contributed by atoms with Gasteiger partial charge in [0.05, 0.1) is 16.6 Å². The minimum Gasteiger partial charge on any atom is -0.454 e. The Hall–Kier alpha value is -3.13. The highest BCUT2D eigenvalue weighted by Crippen LogP contribution is 2.35. The molecule has 0 unspecified atom stereocenters. The molecule has 0 bridgehead atoms. The van der Waals surface area contributed by atoms with Gasteiger partial charge in [-0.1, -0.05) is 27.7 Å². The van der Waals surface area contributed by atoms with E-state index in [9.17, 15) is 4.79 Å². The van der Waals surface area contributed by atoms with Gasteiger partial charge in [0.15, 0.2) is 11.5 Å². The summed E-state index contributed by atoms with van der Waals surface area (Å²) in [5.74, 6) is 1.30. The van der Waals surface area contributed by atoms with Crippen LogP contribution in [0, 0.1) is 0 Å². The highest BCUT2D eigenvalue weighted by Gasteiger charge is 2.18. The molecule has 0 spiro atoms. The molecule has 158 valence electrons. The van der Waals surface area contributed by atoms with Crippen LogP contribution in [0.2, 0.25) is 0 Å². The van der Waals surface area contributed by atoms with E-state index in [-0.39, 0.29) is 12.4 Å². The van der Waals surface area contributed by atoms with Gasteiger partial charge in [0, 0.05) is 24.5 Å². The van der Waals surface area contributed by atoms with Crippen molar-refractivity contribution in [3.8, 4) is 17.2 Å². The predicted molar refractivity (Wildman–Crippen MR) is 124 cm³/mol. The summed E-state index contributed by atoms with van der Waals surface area (Å²) in [6.45, 7) is 11.0. The molecule has 0 amide bonds. The number of hydrogen-bond acceptors (Lipinski definition) is 7. The SMILES string of the molecule is CC.CC.CCNc1ccnc2sc3c(=O)n(-c4ccc5c(c4)OCO5)cnc3c12. The number of rotatable bonds is 3. The first-order chi connectivity index (χ1) is 14.8. The molecule has 3 aromatic heterocycles. The minimum atomic E-state index is -0.126. The number of pyridine rings is 1. The summed E-state index contributed by atoms with van der Waals surface area (Å²) in [6, 6.07) is 7.30. The van der Waals surface area contributed by atoms with E-state index >= 15 is 0 Å². The smallest absolute Gasteiger partial charge is 0.275 e. The summed E-state index contributed by atoms with van der Waals surface area (Å²) < 4.78 is 12.8. The van der Waals surface area contributed by atoms with Crippen LogP contribution in [0.1, 0.15) is 34.6 Å². The van der Waals surface area contributed by atoms with Crippen molar-refractivity contribution >= 4 is 37.5 Å².